The fourth-order valence-corrected chi connectivity index (χ4v) is 6.17. The summed E-state index contributed by atoms with van der Waals surface area (Å²) in [6.07, 6.45) is -8.97. The van der Waals surface area contributed by atoms with Crippen LogP contribution in [0.1, 0.15) is 29.5 Å². The average molecular weight is 682 g/mol. The number of hydrogen-bond acceptors (Lipinski definition) is 4. The van der Waals surface area contributed by atoms with Gasteiger partial charge in [-0.15, -0.1) is 0 Å². The van der Waals surface area contributed by atoms with Crippen LogP contribution in [0.3, 0.4) is 0 Å². The van der Waals surface area contributed by atoms with Crippen LogP contribution in [0.15, 0.2) is 103 Å². The first kappa shape index (κ1) is 34.2. The first-order valence-corrected chi connectivity index (χ1v) is 15.4. The molecule has 4 aromatic rings. The molecule has 1 fully saturated rings. The largest absolute Gasteiger partial charge is 0.461 e. The molecule has 1 aliphatic rings. The number of nitrogens with zero attached hydrogens (tertiary/aromatic N) is 1. The van der Waals surface area contributed by atoms with Crippen LogP contribution in [0.5, 0.6) is 5.75 Å². The van der Waals surface area contributed by atoms with Gasteiger partial charge < -0.3 is 15.4 Å². The Morgan fingerprint density at radius 1 is 0.875 bits per heavy atom. The monoisotopic (exact) mass is 681 g/mol. The van der Waals surface area contributed by atoms with E-state index < -0.39 is 52.8 Å². The number of alkyl halides is 4. The maximum Gasteiger partial charge on any atom is 0.461 e. The minimum atomic E-state index is -4.97. The van der Waals surface area contributed by atoms with Crippen LogP contribution in [0.4, 0.5) is 31.1 Å². The Hall–Kier alpha value is -5.14. The number of hydrogen-bond donors (Lipinski definition) is 2. The van der Waals surface area contributed by atoms with Crippen molar-refractivity contribution in [3.05, 3.63) is 131 Å². The van der Waals surface area contributed by atoms with Gasteiger partial charge in [-0.2, -0.15) is 22.8 Å². The van der Waals surface area contributed by atoms with E-state index in [1.807, 2.05) is 6.07 Å². The Morgan fingerprint density at radius 2 is 1.50 bits per heavy atom. The maximum absolute atomic E-state index is 15.1. The number of ketones is 1. The molecule has 0 bridgehead atoms. The van der Waals surface area contributed by atoms with Crippen LogP contribution >= 0.6 is 8.20 Å². The quantitative estimate of drug-likeness (QED) is 0.124. The highest BCUT2D eigenvalue weighted by Crippen LogP contribution is 2.40. The van der Waals surface area contributed by atoms with Crippen LogP contribution in [0, 0.1) is 23.0 Å². The lowest BCUT2D eigenvalue weighted by Crippen LogP contribution is -2.56. The second kappa shape index (κ2) is 13.9. The van der Waals surface area contributed by atoms with Gasteiger partial charge in [-0.3, -0.25) is 4.79 Å². The van der Waals surface area contributed by atoms with E-state index in [0.717, 1.165) is 24.3 Å². The van der Waals surface area contributed by atoms with E-state index in [4.69, 9.17) is 0 Å². The predicted octanol–water partition coefficient (Wildman–Crippen LogP) is 7.06. The Bertz CT molecular complexity index is 1860. The van der Waals surface area contributed by atoms with Crippen LogP contribution < -0.4 is 20.7 Å². The van der Waals surface area contributed by atoms with E-state index in [0.29, 0.717) is 25.1 Å². The van der Waals surface area contributed by atoms with Crippen molar-refractivity contribution in [3.63, 3.8) is 0 Å². The average Bonchev–Trinajstić information content (AvgIpc) is 3.84. The molecule has 2 amide bonds. The smallest absolute Gasteiger partial charge is 0.428 e. The van der Waals surface area contributed by atoms with E-state index >= 15 is 4.39 Å². The zero-order valence-electron chi connectivity index (χ0n) is 24.9. The Balaban J connectivity index is 1.58. The SMILES string of the molecule is N#C/C(=P\c1ccccc1)C(=O)C1(NC(=O)N[C@](Cc2ccccc2)(c2ccc(F)cc2)c2cc(F)cc(OC(F)(F)C(F)F)c2)CC1. The summed E-state index contributed by atoms with van der Waals surface area (Å²) in [5.74, 6) is -3.37. The number of ether oxygens (including phenoxy) is 1. The molecule has 1 aliphatic carbocycles. The van der Waals surface area contributed by atoms with Crippen LogP contribution in [-0.2, 0) is 16.8 Å². The minimum absolute atomic E-state index is 0.111. The molecule has 0 heterocycles. The van der Waals surface area contributed by atoms with E-state index in [9.17, 15) is 36.8 Å². The predicted molar refractivity (Wildman–Crippen MR) is 168 cm³/mol. The molecule has 13 heteroatoms. The van der Waals surface area contributed by atoms with Gasteiger partial charge in [0, 0.05) is 17.8 Å². The lowest BCUT2D eigenvalue weighted by molar-refractivity contribution is -0.253. The van der Waals surface area contributed by atoms with Gasteiger partial charge in [-0.25, -0.2) is 13.6 Å². The van der Waals surface area contributed by atoms with Crippen LogP contribution in [-0.4, -0.2) is 35.2 Å². The zero-order chi connectivity index (χ0) is 34.5. The molecule has 4 aromatic carbocycles. The highest BCUT2D eigenvalue weighted by atomic mass is 31.1. The molecule has 5 rings (SSSR count). The molecule has 1 atom stereocenters. The lowest BCUT2D eigenvalue weighted by atomic mass is 9.77. The number of benzene rings is 4. The van der Waals surface area contributed by atoms with Gasteiger partial charge in [-0.1, -0.05) is 72.8 Å². The van der Waals surface area contributed by atoms with Crippen molar-refractivity contribution in [2.45, 2.75) is 42.9 Å². The number of nitrogens with one attached hydrogen (secondary N) is 2. The van der Waals surface area contributed by atoms with Gasteiger partial charge in [0.1, 0.15) is 34.3 Å². The normalized spacial score (nSPS) is 15.2. The molecule has 0 aromatic heterocycles. The Kier molecular flexibility index (Phi) is 9.92. The molecule has 0 unspecified atom stereocenters. The number of halogens is 6. The summed E-state index contributed by atoms with van der Waals surface area (Å²) in [5, 5.41) is 15.8. The van der Waals surface area contributed by atoms with Crippen molar-refractivity contribution in [2.75, 3.05) is 0 Å². The minimum Gasteiger partial charge on any atom is -0.428 e. The lowest BCUT2D eigenvalue weighted by Gasteiger charge is -2.37. The molecule has 6 nitrogen and oxygen atoms in total. The second-order valence-electron chi connectivity index (χ2n) is 11.1. The number of carbonyl (C=O) groups excluding carboxylic acids is 2. The van der Waals surface area contributed by atoms with Gasteiger partial charge >= 0.3 is 18.6 Å². The molecule has 0 aliphatic heterocycles. The number of rotatable bonds is 12. The van der Waals surface area contributed by atoms with Gasteiger partial charge in [0.15, 0.2) is 0 Å². The van der Waals surface area contributed by atoms with Gasteiger partial charge in [0.05, 0.1) is 5.54 Å². The van der Waals surface area contributed by atoms with E-state index in [2.05, 4.69) is 15.4 Å². The molecular weight excluding hydrogens is 655 g/mol. The summed E-state index contributed by atoms with van der Waals surface area (Å²) in [6, 6.07) is 25.1. The van der Waals surface area contributed by atoms with E-state index in [1.165, 1.54) is 12.1 Å². The summed E-state index contributed by atoms with van der Waals surface area (Å²) in [6.45, 7) is 0. The van der Waals surface area contributed by atoms with Crippen molar-refractivity contribution in [3.8, 4) is 11.8 Å². The third-order valence-electron chi connectivity index (χ3n) is 7.70. The van der Waals surface area contributed by atoms with E-state index in [1.54, 1.807) is 60.7 Å². The number of urea groups is 1. The summed E-state index contributed by atoms with van der Waals surface area (Å²) < 4.78 is 87.4. The Labute approximate surface area is 273 Å². The zero-order valence-corrected chi connectivity index (χ0v) is 25.8. The number of carbonyl (C=O) groups is 2. The van der Waals surface area contributed by atoms with E-state index in [-0.39, 0.29) is 35.7 Å². The standard InChI is InChI=1S/C35H26F6N3O3P/c36-25-13-11-23(12-14-25)34(20-22-7-3-1-4-8-22,24-17-26(37)19-27(18-24)47-35(40,41)31(38)39)44-32(46)43-33(15-16-33)30(45)29(21-42)48-28-9-5-2-6-10-28/h1-14,17-19,31H,15-16,20H2,(H2,43,44,46)/t34-/m1/s1. The molecular formula is C35H26F6N3O3P. The highest BCUT2D eigenvalue weighted by Gasteiger charge is 2.53. The summed E-state index contributed by atoms with van der Waals surface area (Å²) >= 11 is 0. The number of Topliss-reactive ketones (excluding diaryl/α,β-unsaturated/α-hetero) is 1. The van der Waals surface area contributed by atoms with Crippen molar-refractivity contribution in [1.82, 2.24) is 10.6 Å². The van der Waals surface area contributed by atoms with Gasteiger partial charge in [-0.05, 0) is 62.0 Å². The van der Waals surface area contributed by atoms with Crippen LogP contribution in [0.2, 0.25) is 0 Å². The van der Waals surface area contributed by atoms with Crippen molar-refractivity contribution in [2.24, 2.45) is 0 Å². The fourth-order valence-electron chi connectivity index (χ4n) is 5.23. The first-order chi connectivity index (χ1) is 22.9. The molecule has 48 heavy (non-hydrogen) atoms. The molecule has 2 N–H and O–H groups in total. The van der Waals surface area contributed by atoms with Crippen molar-refractivity contribution in [1.29, 1.82) is 5.26 Å². The summed E-state index contributed by atoms with van der Waals surface area (Å²) in [7, 11) is 0.334. The molecule has 246 valence electrons. The van der Waals surface area contributed by atoms with Crippen molar-refractivity contribution < 1.29 is 40.7 Å². The summed E-state index contributed by atoms with van der Waals surface area (Å²) in [5.41, 5.74) is -2.82. The topological polar surface area (TPSA) is 91.2 Å². The second-order valence-corrected chi connectivity index (χ2v) is 12.3. The third-order valence-corrected chi connectivity index (χ3v) is 8.79. The highest BCUT2D eigenvalue weighted by molar-refractivity contribution is 7.52. The number of nitriles is 1. The first-order valence-electron chi connectivity index (χ1n) is 14.5. The molecule has 0 radical (unpaired) electrons. The molecule has 1 saturated carbocycles. The summed E-state index contributed by atoms with van der Waals surface area (Å²) in [4.78, 5) is 27.5. The maximum atomic E-state index is 15.1. The molecule has 0 spiro atoms. The van der Waals surface area contributed by atoms with Crippen molar-refractivity contribution >= 4 is 30.6 Å². The Morgan fingerprint density at radius 3 is 2.08 bits per heavy atom. The molecule has 0 saturated heterocycles. The van der Waals surface area contributed by atoms with Gasteiger partial charge in [0.2, 0.25) is 5.78 Å². The number of amides is 2. The van der Waals surface area contributed by atoms with Gasteiger partial charge in [0.25, 0.3) is 0 Å². The third kappa shape index (κ3) is 7.69. The van der Waals surface area contributed by atoms with Crippen LogP contribution in [0.25, 0.3) is 0 Å². The fraction of sp³-hybridized carbons (Fsp3) is 0.200.